The van der Waals surface area contributed by atoms with E-state index in [1.807, 2.05) is 45.0 Å². The summed E-state index contributed by atoms with van der Waals surface area (Å²) in [5.74, 6) is 0. The smallest absolute Gasteiger partial charge is 0.103 e. The van der Waals surface area contributed by atoms with Crippen molar-refractivity contribution < 1.29 is 0 Å². The Morgan fingerprint density at radius 3 is 2.63 bits per heavy atom. The molecule has 1 aromatic heterocycles. The monoisotopic (exact) mass is 315 g/mol. The molecule has 19 heavy (non-hydrogen) atoms. The molecule has 0 unspecified atom stereocenters. The molecule has 0 aliphatic rings. The third-order valence-corrected chi connectivity index (χ3v) is 3.95. The number of hydrogen-bond acceptors (Lipinski definition) is 3. The van der Waals surface area contributed by atoms with Gasteiger partial charge in [0.05, 0.1) is 22.6 Å². The third kappa shape index (κ3) is 2.77. The number of nitrogens with one attached hydrogen (secondary N) is 1. The molecule has 0 bridgehead atoms. The van der Waals surface area contributed by atoms with E-state index in [9.17, 15) is 5.26 Å². The van der Waals surface area contributed by atoms with Crippen molar-refractivity contribution in [1.82, 2.24) is 4.98 Å². The van der Waals surface area contributed by atoms with Crippen molar-refractivity contribution in [3.63, 3.8) is 0 Å². The number of pyridine rings is 1. The van der Waals surface area contributed by atoms with Gasteiger partial charge >= 0.3 is 0 Å². The third-order valence-electron chi connectivity index (χ3n) is 2.90. The highest BCUT2D eigenvalue weighted by Gasteiger charge is 2.10. The van der Waals surface area contributed by atoms with Crippen LogP contribution in [0.3, 0.4) is 0 Å². The summed E-state index contributed by atoms with van der Waals surface area (Å²) in [6, 6.07) is 10.1. The fourth-order valence-electron chi connectivity index (χ4n) is 1.96. The Morgan fingerprint density at radius 2 is 1.95 bits per heavy atom. The average Bonchev–Trinajstić information content (AvgIpc) is 2.34. The molecule has 96 valence electrons. The first-order valence-corrected chi connectivity index (χ1v) is 6.72. The first kappa shape index (κ1) is 13.6. The minimum Gasteiger partial charge on any atom is -0.353 e. The lowest BCUT2D eigenvalue weighted by molar-refractivity contribution is 1.11. The fraction of sp³-hybridized carbons (Fsp3) is 0.200. The Bertz CT molecular complexity index is 672. The summed E-state index contributed by atoms with van der Waals surface area (Å²) in [4.78, 5) is 4.31. The van der Waals surface area contributed by atoms with Crippen LogP contribution >= 0.6 is 15.9 Å². The van der Waals surface area contributed by atoms with Gasteiger partial charge in [-0.3, -0.25) is 4.98 Å². The predicted octanol–water partition coefficient (Wildman–Crippen LogP) is 4.38. The van der Waals surface area contributed by atoms with Gasteiger partial charge in [0.25, 0.3) is 0 Å². The molecule has 0 aliphatic carbocycles. The van der Waals surface area contributed by atoms with Crippen LogP contribution < -0.4 is 5.32 Å². The Balaban J connectivity index is 2.50. The zero-order valence-corrected chi connectivity index (χ0v) is 12.7. The van der Waals surface area contributed by atoms with Crippen molar-refractivity contribution in [3.05, 3.63) is 51.3 Å². The Morgan fingerprint density at radius 1 is 1.21 bits per heavy atom. The van der Waals surface area contributed by atoms with E-state index in [4.69, 9.17) is 0 Å². The number of hydrogen-bond donors (Lipinski definition) is 1. The van der Waals surface area contributed by atoms with Crippen LogP contribution in [0.5, 0.6) is 0 Å². The molecule has 2 aromatic rings. The van der Waals surface area contributed by atoms with E-state index < -0.39 is 0 Å². The second kappa shape index (κ2) is 5.41. The topological polar surface area (TPSA) is 48.7 Å². The first-order chi connectivity index (χ1) is 9.02. The van der Waals surface area contributed by atoms with Crippen molar-refractivity contribution in [3.8, 4) is 6.07 Å². The summed E-state index contributed by atoms with van der Waals surface area (Å²) in [6.07, 6.45) is 0. The van der Waals surface area contributed by atoms with Crippen molar-refractivity contribution in [2.75, 3.05) is 5.32 Å². The number of aromatic nitrogens is 1. The van der Waals surface area contributed by atoms with E-state index >= 15 is 0 Å². The van der Waals surface area contributed by atoms with Gasteiger partial charge in [0.1, 0.15) is 6.07 Å². The zero-order valence-electron chi connectivity index (χ0n) is 11.1. The summed E-state index contributed by atoms with van der Waals surface area (Å²) in [7, 11) is 0. The molecule has 1 N–H and O–H groups in total. The summed E-state index contributed by atoms with van der Waals surface area (Å²) in [5.41, 5.74) is 5.10. The van der Waals surface area contributed by atoms with Crippen molar-refractivity contribution in [1.29, 1.82) is 5.26 Å². The summed E-state index contributed by atoms with van der Waals surface area (Å²) >= 11 is 3.56. The van der Waals surface area contributed by atoms with Gasteiger partial charge in [-0.1, -0.05) is 12.1 Å². The number of nitrogens with zero attached hydrogens (tertiary/aromatic N) is 2. The Labute approximate surface area is 121 Å². The molecule has 0 radical (unpaired) electrons. The molecule has 3 nitrogen and oxygen atoms in total. The normalized spacial score (nSPS) is 10.1. The Kier molecular flexibility index (Phi) is 3.87. The quantitative estimate of drug-likeness (QED) is 0.894. The predicted molar refractivity (Wildman–Crippen MR) is 80.6 cm³/mol. The van der Waals surface area contributed by atoms with E-state index in [-0.39, 0.29) is 0 Å². The molecule has 0 saturated heterocycles. The van der Waals surface area contributed by atoms with E-state index in [1.165, 1.54) is 0 Å². The van der Waals surface area contributed by atoms with Crippen LogP contribution in [-0.2, 0) is 0 Å². The molecule has 0 fully saturated rings. The van der Waals surface area contributed by atoms with Crippen molar-refractivity contribution >= 4 is 27.3 Å². The van der Waals surface area contributed by atoms with Crippen LogP contribution in [-0.4, -0.2) is 4.98 Å². The van der Waals surface area contributed by atoms with Crippen molar-refractivity contribution in [2.45, 2.75) is 20.8 Å². The number of halogens is 1. The van der Waals surface area contributed by atoms with Gasteiger partial charge in [-0.15, -0.1) is 0 Å². The molecule has 0 amide bonds. The van der Waals surface area contributed by atoms with E-state index in [0.29, 0.717) is 5.56 Å². The van der Waals surface area contributed by atoms with Crippen LogP contribution in [0.25, 0.3) is 0 Å². The minimum absolute atomic E-state index is 0.582. The number of rotatable bonds is 2. The maximum atomic E-state index is 9.25. The largest absolute Gasteiger partial charge is 0.353 e. The van der Waals surface area contributed by atoms with Crippen LogP contribution in [0, 0.1) is 32.1 Å². The number of nitriles is 1. The maximum absolute atomic E-state index is 9.25. The fourth-order valence-corrected chi connectivity index (χ4v) is 2.32. The van der Waals surface area contributed by atoms with Gasteiger partial charge in [-0.05, 0) is 54.4 Å². The molecule has 2 rings (SSSR count). The lowest BCUT2D eigenvalue weighted by atomic mass is 10.1. The van der Waals surface area contributed by atoms with E-state index in [0.717, 1.165) is 32.8 Å². The van der Waals surface area contributed by atoms with Crippen LogP contribution in [0.2, 0.25) is 0 Å². The molecule has 0 spiro atoms. The van der Waals surface area contributed by atoms with Crippen LogP contribution in [0.15, 0.2) is 28.7 Å². The molecule has 0 atom stereocenters. The van der Waals surface area contributed by atoms with Crippen LogP contribution in [0.4, 0.5) is 11.4 Å². The number of aryl methyl sites for hydroxylation is 3. The zero-order chi connectivity index (χ0) is 14.0. The summed E-state index contributed by atoms with van der Waals surface area (Å²) in [6.45, 7) is 5.80. The molecule has 1 aromatic carbocycles. The Hall–Kier alpha value is -1.86. The van der Waals surface area contributed by atoms with Gasteiger partial charge in [-0.25, -0.2) is 0 Å². The van der Waals surface area contributed by atoms with E-state index in [2.05, 4.69) is 32.3 Å². The van der Waals surface area contributed by atoms with Gasteiger partial charge in [0, 0.05) is 10.2 Å². The standard InChI is InChI=1S/C15H14BrN3/c1-9-5-4-6-13(15(9)16)19-14-7-10(2)18-11(3)12(14)8-17/h4-7H,1-3H3,(H,18,19). The number of anilines is 2. The van der Waals surface area contributed by atoms with Crippen molar-refractivity contribution in [2.24, 2.45) is 0 Å². The van der Waals surface area contributed by atoms with E-state index in [1.54, 1.807) is 0 Å². The van der Waals surface area contributed by atoms with Gasteiger partial charge in [-0.2, -0.15) is 5.26 Å². The second-order valence-corrected chi connectivity index (χ2v) is 5.24. The lowest BCUT2D eigenvalue weighted by Gasteiger charge is -2.13. The van der Waals surface area contributed by atoms with Gasteiger partial charge in [0.15, 0.2) is 0 Å². The second-order valence-electron chi connectivity index (χ2n) is 4.44. The summed E-state index contributed by atoms with van der Waals surface area (Å²) in [5, 5.41) is 12.6. The molecule has 4 heteroatoms. The highest BCUT2D eigenvalue weighted by atomic mass is 79.9. The molecule has 0 saturated carbocycles. The van der Waals surface area contributed by atoms with Gasteiger partial charge < -0.3 is 5.32 Å². The minimum atomic E-state index is 0.582. The SMILES string of the molecule is Cc1cc(Nc2cccc(C)c2Br)c(C#N)c(C)n1. The molecular formula is C15H14BrN3. The number of benzene rings is 1. The summed E-state index contributed by atoms with van der Waals surface area (Å²) < 4.78 is 1.01. The van der Waals surface area contributed by atoms with Gasteiger partial charge in [0.2, 0.25) is 0 Å². The average molecular weight is 316 g/mol. The highest BCUT2D eigenvalue weighted by Crippen LogP contribution is 2.30. The highest BCUT2D eigenvalue weighted by molar-refractivity contribution is 9.10. The lowest BCUT2D eigenvalue weighted by Crippen LogP contribution is -2.00. The molecule has 1 heterocycles. The maximum Gasteiger partial charge on any atom is 0.103 e. The molecular weight excluding hydrogens is 302 g/mol. The van der Waals surface area contributed by atoms with Crippen LogP contribution in [0.1, 0.15) is 22.5 Å². The first-order valence-electron chi connectivity index (χ1n) is 5.93. The molecule has 0 aliphatic heterocycles.